The lowest BCUT2D eigenvalue weighted by Gasteiger charge is -2.38. The van der Waals surface area contributed by atoms with Crippen LogP contribution in [0, 0.1) is 0 Å². The number of rotatable bonds is 7. The smallest absolute Gasteiger partial charge is 0.323 e. The van der Waals surface area contributed by atoms with E-state index in [9.17, 15) is 4.79 Å². The summed E-state index contributed by atoms with van der Waals surface area (Å²) >= 11 is 1.82. The minimum absolute atomic E-state index is 0.184. The van der Waals surface area contributed by atoms with Gasteiger partial charge in [-0.3, -0.25) is 14.3 Å². The predicted octanol–water partition coefficient (Wildman–Crippen LogP) is 2.77. The number of nitrogens with two attached hydrogens (primary N) is 1. The number of imidazole rings is 1. The number of likely N-dealkylation sites (tertiary alicyclic amines) is 1. The zero-order chi connectivity index (χ0) is 27.1. The van der Waals surface area contributed by atoms with E-state index in [0.29, 0.717) is 28.0 Å². The molecule has 0 aliphatic carbocycles. The number of ether oxygens (including phenoxy) is 4. The van der Waals surface area contributed by atoms with Crippen LogP contribution in [0.2, 0.25) is 0 Å². The number of fused-ring (bicyclic) bond motifs is 2. The molecule has 3 aromatic rings. The maximum atomic E-state index is 12.7. The first-order valence-electron chi connectivity index (χ1n) is 13.2. The van der Waals surface area contributed by atoms with Crippen LogP contribution in [0.3, 0.4) is 0 Å². The van der Waals surface area contributed by atoms with E-state index in [0.717, 1.165) is 25.9 Å². The van der Waals surface area contributed by atoms with Crippen molar-refractivity contribution in [2.45, 2.75) is 74.9 Å². The van der Waals surface area contributed by atoms with Crippen LogP contribution in [0.25, 0.3) is 11.2 Å². The molecule has 2 N–H and O–H groups in total. The van der Waals surface area contributed by atoms with Gasteiger partial charge in [0.25, 0.3) is 0 Å². The van der Waals surface area contributed by atoms with Gasteiger partial charge in [0.2, 0.25) is 0 Å². The Bertz CT molecular complexity index is 1320. The number of thioether (sulfide) groups is 1. The van der Waals surface area contributed by atoms with Gasteiger partial charge in [-0.2, -0.15) is 11.8 Å². The third-order valence-corrected chi connectivity index (χ3v) is 9.07. The molecule has 3 aliphatic rings. The lowest BCUT2D eigenvalue weighted by molar-refractivity contribution is -0.193. The van der Waals surface area contributed by atoms with Crippen LogP contribution >= 0.6 is 11.8 Å². The second-order valence-electron chi connectivity index (χ2n) is 10.7. The monoisotopic (exact) mass is 554 g/mol. The van der Waals surface area contributed by atoms with Gasteiger partial charge < -0.3 is 24.7 Å². The van der Waals surface area contributed by atoms with Gasteiger partial charge in [-0.1, -0.05) is 30.3 Å². The van der Waals surface area contributed by atoms with E-state index in [-0.39, 0.29) is 30.3 Å². The maximum Gasteiger partial charge on any atom is 0.323 e. The average Bonchev–Trinajstić information content (AvgIpc) is 3.59. The molecule has 3 fully saturated rings. The Morgan fingerprint density at radius 2 is 1.97 bits per heavy atom. The number of nitrogen functional groups attached to an aromatic ring is 1. The second-order valence-corrected chi connectivity index (χ2v) is 12.0. The van der Waals surface area contributed by atoms with Crippen LogP contribution in [-0.4, -0.2) is 85.2 Å². The Labute approximate surface area is 231 Å². The largest absolute Gasteiger partial charge is 0.468 e. The predicted molar refractivity (Wildman–Crippen MR) is 146 cm³/mol. The van der Waals surface area contributed by atoms with Crippen LogP contribution in [0.1, 0.15) is 38.5 Å². The molecule has 208 valence electrons. The van der Waals surface area contributed by atoms with Crippen molar-refractivity contribution in [3.8, 4) is 0 Å². The third-order valence-electron chi connectivity index (χ3n) is 7.65. The number of anilines is 1. The van der Waals surface area contributed by atoms with Crippen LogP contribution in [-0.2, 0) is 30.3 Å². The Kier molecular flexibility index (Phi) is 7.23. The molecule has 11 nitrogen and oxygen atoms in total. The normalized spacial score (nSPS) is 30.4. The molecule has 1 aromatic carbocycles. The third kappa shape index (κ3) is 5.23. The number of hydrogen-bond donors (Lipinski definition) is 1. The number of carbonyl (C=O) groups excluding carboxylic acids is 1. The maximum absolute atomic E-state index is 12.7. The fourth-order valence-electron chi connectivity index (χ4n) is 5.83. The number of hydrogen-bond acceptors (Lipinski definition) is 11. The zero-order valence-corrected chi connectivity index (χ0v) is 23.1. The topological polar surface area (TPSA) is 127 Å². The molecule has 39 heavy (non-hydrogen) atoms. The highest BCUT2D eigenvalue weighted by Gasteiger charge is 2.56. The molecule has 6 atom stereocenters. The van der Waals surface area contributed by atoms with Crippen molar-refractivity contribution in [3.63, 3.8) is 0 Å². The lowest BCUT2D eigenvalue weighted by Crippen LogP contribution is -2.48. The number of methoxy groups -OCH3 is 1. The molecule has 0 radical (unpaired) electrons. The first kappa shape index (κ1) is 26.5. The van der Waals surface area contributed by atoms with Crippen LogP contribution < -0.4 is 5.73 Å². The molecule has 5 heterocycles. The molecule has 2 aromatic heterocycles. The van der Waals surface area contributed by atoms with Gasteiger partial charge in [0.1, 0.15) is 30.1 Å². The van der Waals surface area contributed by atoms with Crippen LogP contribution in [0.4, 0.5) is 5.82 Å². The molecule has 0 saturated carbocycles. The number of esters is 1. The van der Waals surface area contributed by atoms with Gasteiger partial charge in [-0.15, -0.1) is 0 Å². The van der Waals surface area contributed by atoms with Crippen molar-refractivity contribution in [2.24, 2.45) is 0 Å². The van der Waals surface area contributed by atoms with E-state index >= 15 is 0 Å². The minimum Gasteiger partial charge on any atom is -0.468 e. The molecule has 12 heteroatoms. The minimum atomic E-state index is -0.733. The van der Waals surface area contributed by atoms with Crippen molar-refractivity contribution in [2.75, 3.05) is 25.1 Å². The molecule has 3 unspecified atom stereocenters. The van der Waals surface area contributed by atoms with E-state index in [4.69, 9.17) is 24.7 Å². The highest BCUT2D eigenvalue weighted by atomic mass is 32.2. The number of carbonyl (C=O) groups is 1. The lowest BCUT2D eigenvalue weighted by atomic mass is 10.0. The number of piperidine rings is 1. The summed E-state index contributed by atoms with van der Waals surface area (Å²) in [6.07, 6.45) is 3.55. The van der Waals surface area contributed by atoms with Gasteiger partial charge in [-0.05, 0) is 32.3 Å². The van der Waals surface area contributed by atoms with E-state index in [1.807, 2.05) is 48.4 Å². The van der Waals surface area contributed by atoms with Gasteiger partial charge >= 0.3 is 5.97 Å². The quantitative estimate of drug-likeness (QED) is 0.433. The van der Waals surface area contributed by atoms with E-state index in [1.54, 1.807) is 6.33 Å². The van der Waals surface area contributed by atoms with Gasteiger partial charge in [0.05, 0.1) is 19.5 Å². The van der Waals surface area contributed by atoms with Crippen molar-refractivity contribution in [1.29, 1.82) is 0 Å². The molecule has 3 saturated heterocycles. The Balaban J connectivity index is 1.15. The Morgan fingerprint density at radius 1 is 1.18 bits per heavy atom. The van der Waals surface area contributed by atoms with Crippen molar-refractivity contribution in [3.05, 3.63) is 48.5 Å². The van der Waals surface area contributed by atoms with Crippen molar-refractivity contribution in [1.82, 2.24) is 24.4 Å². The molecule has 0 bridgehead atoms. The van der Waals surface area contributed by atoms with Crippen molar-refractivity contribution >= 4 is 34.7 Å². The summed E-state index contributed by atoms with van der Waals surface area (Å²) in [4.78, 5) is 27.8. The average molecular weight is 555 g/mol. The fourth-order valence-corrected chi connectivity index (χ4v) is 7.15. The number of benzene rings is 1. The number of aromatic nitrogens is 4. The second kappa shape index (κ2) is 10.7. The van der Waals surface area contributed by atoms with Crippen LogP contribution in [0.15, 0.2) is 43.0 Å². The molecule has 0 amide bonds. The summed E-state index contributed by atoms with van der Waals surface area (Å²) in [5.41, 5.74) is 8.33. The van der Waals surface area contributed by atoms with E-state index < -0.39 is 12.0 Å². The zero-order valence-electron chi connectivity index (χ0n) is 22.3. The summed E-state index contributed by atoms with van der Waals surface area (Å²) in [6.45, 7) is 5.38. The molecule has 3 aliphatic heterocycles. The Hall–Kier alpha value is -2.77. The fraction of sp³-hybridized carbons (Fsp3) is 0.556. The number of nitrogens with zero attached hydrogens (tertiary/aromatic N) is 5. The molecular weight excluding hydrogens is 520 g/mol. The summed E-state index contributed by atoms with van der Waals surface area (Å²) in [7, 11) is 1.46. The summed E-state index contributed by atoms with van der Waals surface area (Å²) in [6, 6.07) is 9.96. The van der Waals surface area contributed by atoms with Crippen LogP contribution in [0.5, 0.6) is 0 Å². The van der Waals surface area contributed by atoms with Gasteiger partial charge in [0.15, 0.2) is 23.5 Å². The highest BCUT2D eigenvalue weighted by Crippen LogP contribution is 2.45. The first-order valence-corrected chi connectivity index (χ1v) is 14.3. The van der Waals surface area contributed by atoms with Gasteiger partial charge in [-0.25, -0.2) is 15.0 Å². The summed E-state index contributed by atoms with van der Waals surface area (Å²) in [5.74, 6) is 0.112. The molecule has 0 spiro atoms. The van der Waals surface area contributed by atoms with Crippen molar-refractivity contribution < 1.29 is 23.7 Å². The first-order chi connectivity index (χ1) is 18.8. The SMILES string of the molecule is COC(=O)C1CC(SC[C@H]2O[C@@H](n3cnc4c(N)ncnc43)[C@H]3OC(C)(C)OC23)CCN1Cc1ccccc1. The summed E-state index contributed by atoms with van der Waals surface area (Å²) < 4.78 is 26.2. The van der Waals surface area contributed by atoms with E-state index in [1.165, 1.54) is 19.0 Å². The molecular formula is C27H34N6O5S. The summed E-state index contributed by atoms with van der Waals surface area (Å²) in [5, 5.41) is 0.291. The highest BCUT2D eigenvalue weighted by molar-refractivity contribution is 7.99. The molecule has 6 rings (SSSR count). The Morgan fingerprint density at radius 3 is 2.77 bits per heavy atom. The van der Waals surface area contributed by atoms with E-state index in [2.05, 4.69) is 32.0 Å². The van der Waals surface area contributed by atoms with Gasteiger partial charge in [0, 0.05) is 24.1 Å². The standard InChI is InChI=1S/C27H34N6O5S/c1-27(2)37-21-19(36-25(22(21)38-27)33-15-31-20-23(28)29-14-30-24(20)33)13-39-17-9-10-32(18(11-17)26(34)35-3)12-16-7-5-4-6-8-16/h4-8,14-15,17-19,21-22,25H,9-13H2,1-3H3,(H2,28,29,30)/t17?,18?,19-,21?,22+,25-/m1/s1.